The minimum atomic E-state index is -0.228. The summed E-state index contributed by atoms with van der Waals surface area (Å²) in [6.45, 7) is 5.57. The molecule has 0 spiro atoms. The number of amides is 1. The van der Waals surface area contributed by atoms with Crippen LogP contribution in [0.1, 0.15) is 28.1 Å². The second-order valence-corrected chi connectivity index (χ2v) is 8.82. The summed E-state index contributed by atoms with van der Waals surface area (Å²) in [5, 5.41) is 3.94. The maximum atomic E-state index is 11.8. The molecule has 0 saturated heterocycles. The number of anilines is 2. The van der Waals surface area contributed by atoms with E-state index in [9.17, 15) is 4.79 Å². The van der Waals surface area contributed by atoms with E-state index in [1.54, 1.807) is 0 Å². The first-order chi connectivity index (χ1) is 14.8. The highest BCUT2D eigenvalue weighted by atomic mass is 35.5. The predicted octanol–water partition coefficient (Wildman–Crippen LogP) is 6.68. The number of halogens is 3. The number of aromatic amines is 1. The highest BCUT2D eigenvalue weighted by Gasteiger charge is 2.25. The number of aryl methyl sites for hydroxylation is 2. The molecule has 2 N–H and O–H groups in total. The Morgan fingerprint density at radius 3 is 2.61 bits per heavy atom. The van der Waals surface area contributed by atoms with Crippen molar-refractivity contribution in [2.45, 2.75) is 20.4 Å². The minimum Gasteiger partial charge on any atom is -0.362 e. The van der Waals surface area contributed by atoms with E-state index in [0.717, 1.165) is 40.4 Å². The molecule has 1 aromatic heterocycles. The second kappa shape index (κ2) is 8.99. The number of nitrogens with zero attached hydrogens (tertiary/aromatic N) is 1. The lowest BCUT2D eigenvalue weighted by Crippen LogP contribution is -2.19. The lowest BCUT2D eigenvalue weighted by atomic mass is 10.0. The van der Waals surface area contributed by atoms with E-state index < -0.39 is 0 Å². The van der Waals surface area contributed by atoms with Crippen molar-refractivity contribution >= 4 is 63.7 Å². The first kappa shape index (κ1) is 21.8. The van der Waals surface area contributed by atoms with Gasteiger partial charge in [0.05, 0.1) is 10.0 Å². The topological polar surface area (TPSA) is 48.1 Å². The highest BCUT2D eigenvalue weighted by molar-refractivity contribution is 6.42. The molecule has 4 rings (SSSR count). The van der Waals surface area contributed by atoms with E-state index in [4.69, 9.17) is 34.8 Å². The van der Waals surface area contributed by atoms with Crippen molar-refractivity contribution < 1.29 is 4.79 Å². The van der Waals surface area contributed by atoms with Gasteiger partial charge < -0.3 is 15.2 Å². The Kier molecular flexibility index (Phi) is 6.33. The van der Waals surface area contributed by atoms with Gasteiger partial charge in [0, 0.05) is 41.4 Å². The number of fused-ring (bicyclic) bond motifs is 1. The van der Waals surface area contributed by atoms with E-state index in [2.05, 4.69) is 34.3 Å². The van der Waals surface area contributed by atoms with Gasteiger partial charge in [-0.3, -0.25) is 4.79 Å². The third-order valence-corrected chi connectivity index (χ3v) is 6.30. The van der Waals surface area contributed by atoms with Crippen LogP contribution in [0.25, 0.3) is 11.6 Å². The fraction of sp³-hybridized carbons (Fsp3) is 0.208. The van der Waals surface area contributed by atoms with E-state index in [1.807, 2.05) is 43.3 Å². The Balaban J connectivity index is 1.72. The Hall–Kier alpha value is -2.40. The van der Waals surface area contributed by atoms with Crippen molar-refractivity contribution in [1.82, 2.24) is 4.98 Å². The average Bonchev–Trinajstić information content (AvgIpc) is 3.23. The van der Waals surface area contributed by atoms with Crippen molar-refractivity contribution in [3.63, 3.8) is 0 Å². The molecule has 31 heavy (non-hydrogen) atoms. The van der Waals surface area contributed by atoms with Crippen LogP contribution >= 0.6 is 34.8 Å². The van der Waals surface area contributed by atoms with Crippen LogP contribution < -0.4 is 10.2 Å². The molecule has 0 unspecified atom stereocenters. The molecule has 2 aromatic carbocycles. The normalized spacial score (nSPS) is 14.2. The van der Waals surface area contributed by atoms with Gasteiger partial charge in [-0.25, -0.2) is 0 Å². The second-order valence-electron chi connectivity index (χ2n) is 7.74. The van der Waals surface area contributed by atoms with Crippen LogP contribution in [-0.2, 0) is 11.3 Å². The van der Waals surface area contributed by atoms with Gasteiger partial charge in [-0.15, -0.1) is 11.6 Å². The lowest BCUT2D eigenvalue weighted by molar-refractivity contribution is -0.113. The zero-order valence-electron chi connectivity index (χ0n) is 17.2. The minimum absolute atomic E-state index is 0.0792. The van der Waals surface area contributed by atoms with Crippen LogP contribution in [-0.4, -0.2) is 23.3 Å². The first-order valence-electron chi connectivity index (χ1n) is 9.90. The van der Waals surface area contributed by atoms with Gasteiger partial charge in [0.2, 0.25) is 5.91 Å². The number of carbonyl (C=O) groups is 1. The van der Waals surface area contributed by atoms with Gasteiger partial charge in [0.15, 0.2) is 0 Å². The number of benzene rings is 2. The smallest absolute Gasteiger partial charge is 0.239 e. The molecule has 0 aliphatic carbocycles. The molecule has 2 heterocycles. The number of alkyl halides is 1. The van der Waals surface area contributed by atoms with E-state index in [0.29, 0.717) is 16.6 Å². The van der Waals surface area contributed by atoms with Gasteiger partial charge in [0.1, 0.15) is 5.88 Å². The summed E-state index contributed by atoms with van der Waals surface area (Å²) < 4.78 is 0. The van der Waals surface area contributed by atoms with Gasteiger partial charge >= 0.3 is 0 Å². The molecule has 3 aromatic rings. The summed E-state index contributed by atoms with van der Waals surface area (Å²) in [6, 6.07) is 13.8. The van der Waals surface area contributed by atoms with E-state index >= 15 is 0 Å². The molecule has 0 saturated carbocycles. The molecular formula is C24H22Cl3N3O. The number of hydrogen-bond acceptors (Lipinski definition) is 2. The third-order valence-electron chi connectivity index (χ3n) is 5.32. The van der Waals surface area contributed by atoms with Gasteiger partial charge in [-0.05, 0) is 73.0 Å². The van der Waals surface area contributed by atoms with Crippen molar-refractivity contribution in [3.8, 4) is 0 Å². The molecule has 0 radical (unpaired) electrons. The molecule has 4 nitrogen and oxygen atoms in total. The molecule has 1 aliphatic rings. The number of carbonyl (C=O) groups excluding carboxylic acids is 1. The van der Waals surface area contributed by atoms with Crippen LogP contribution in [0, 0.1) is 13.8 Å². The third kappa shape index (κ3) is 4.77. The largest absolute Gasteiger partial charge is 0.362 e. The van der Waals surface area contributed by atoms with Crippen LogP contribution in [0.2, 0.25) is 10.0 Å². The van der Waals surface area contributed by atoms with Crippen molar-refractivity contribution in [2.24, 2.45) is 0 Å². The maximum Gasteiger partial charge on any atom is 0.239 e. The number of H-pyrrole nitrogens is 1. The monoisotopic (exact) mass is 473 g/mol. The molecule has 1 aliphatic heterocycles. The zero-order chi connectivity index (χ0) is 22.1. The van der Waals surface area contributed by atoms with Crippen LogP contribution in [0.5, 0.6) is 0 Å². The highest BCUT2D eigenvalue weighted by Crippen LogP contribution is 2.40. The average molecular weight is 475 g/mol. The summed E-state index contributed by atoms with van der Waals surface area (Å²) in [4.78, 5) is 17.5. The lowest BCUT2D eigenvalue weighted by Gasteiger charge is -2.19. The summed E-state index contributed by atoms with van der Waals surface area (Å²) in [5.41, 5.74) is 8.56. The fourth-order valence-corrected chi connectivity index (χ4v) is 4.30. The van der Waals surface area contributed by atoms with Crippen molar-refractivity contribution in [2.75, 3.05) is 22.6 Å². The quantitative estimate of drug-likeness (QED) is 0.405. The molecule has 7 heteroatoms. The number of hydrogen-bond donors (Lipinski definition) is 2. The Bertz CT molecular complexity index is 1180. The van der Waals surface area contributed by atoms with E-state index in [-0.39, 0.29) is 11.8 Å². The van der Waals surface area contributed by atoms with Gasteiger partial charge in [-0.2, -0.15) is 0 Å². The fourth-order valence-electron chi connectivity index (χ4n) is 3.91. The van der Waals surface area contributed by atoms with Crippen molar-refractivity contribution in [1.29, 1.82) is 0 Å². The maximum absolute atomic E-state index is 11.8. The van der Waals surface area contributed by atoms with E-state index in [1.165, 1.54) is 11.1 Å². The van der Waals surface area contributed by atoms with Crippen LogP contribution in [0.15, 0.2) is 42.5 Å². The molecular weight excluding hydrogens is 453 g/mol. The number of rotatable bonds is 5. The number of aromatic nitrogens is 1. The SMILES string of the molecule is Cc1cc(C)c(C=C2CN(Cc3ccc(Cl)c(Cl)c3)c3ccc(NC(=O)CCl)cc32)[nH]1. The summed E-state index contributed by atoms with van der Waals surface area (Å²) >= 11 is 18.0. The molecule has 160 valence electrons. The van der Waals surface area contributed by atoms with Gasteiger partial charge in [0.25, 0.3) is 0 Å². The molecule has 0 bridgehead atoms. The Morgan fingerprint density at radius 2 is 1.94 bits per heavy atom. The van der Waals surface area contributed by atoms with Gasteiger partial charge in [-0.1, -0.05) is 29.3 Å². The summed E-state index contributed by atoms with van der Waals surface area (Å²) in [5.74, 6) is -0.307. The summed E-state index contributed by atoms with van der Waals surface area (Å²) in [6.07, 6.45) is 2.18. The molecule has 1 amide bonds. The summed E-state index contributed by atoms with van der Waals surface area (Å²) in [7, 11) is 0. The Labute approximate surface area is 196 Å². The predicted molar refractivity (Wildman–Crippen MR) is 131 cm³/mol. The Morgan fingerprint density at radius 1 is 1.13 bits per heavy atom. The zero-order valence-corrected chi connectivity index (χ0v) is 19.5. The molecule has 0 fully saturated rings. The van der Waals surface area contributed by atoms with Crippen LogP contribution in [0.3, 0.4) is 0 Å². The molecule has 0 atom stereocenters. The standard InChI is InChI=1S/C24H22Cl3N3O/c1-14-7-15(2)28-22(14)9-17-13-30(12-16-3-5-20(26)21(27)8-16)23-6-4-18(10-19(17)23)29-24(31)11-25/h3-10,28H,11-13H2,1-2H3,(H,29,31). The van der Waals surface area contributed by atoms with Crippen LogP contribution in [0.4, 0.5) is 11.4 Å². The number of nitrogens with one attached hydrogen (secondary N) is 2. The van der Waals surface area contributed by atoms with Crippen molar-refractivity contribution in [3.05, 3.63) is 80.6 Å². The first-order valence-corrected chi connectivity index (χ1v) is 11.2.